The molecule has 1 aliphatic rings. The molecular formula is C15H21BrClNO. The highest BCUT2D eigenvalue weighted by Gasteiger charge is 2.44. The third-order valence-corrected chi connectivity index (χ3v) is 4.98. The SMILES string of the molecule is CCNC(Cc1ccc(Br)cc1Cl)C1(OC)CCC1. The van der Waals surface area contributed by atoms with E-state index in [-0.39, 0.29) is 5.60 Å². The van der Waals surface area contributed by atoms with Crippen LogP contribution in [0.3, 0.4) is 0 Å². The summed E-state index contributed by atoms with van der Waals surface area (Å²) in [6.45, 7) is 3.09. The van der Waals surface area contributed by atoms with Crippen molar-refractivity contribution in [2.75, 3.05) is 13.7 Å². The van der Waals surface area contributed by atoms with Crippen molar-refractivity contribution in [3.8, 4) is 0 Å². The summed E-state index contributed by atoms with van der Waals surface area (Å²) in [6.07, 6.45) is 4.43. The molecule has 1 N–H and O–H groups in total. The number of halogens is 2. The molecule has 0 aliphatic heterocycles. The highest BCUT2D eigenvalue weighted by Crippen LogP contribution is 2.39. The summed E-state index contributed by atoms with van der Waals surface area (Å²) in [4.78, 5) is 0. The van der Waals surface area contributed by atoms with Gasteiger partial charge in [0.15, 0.2) is 0 Å². The van der Waals surface area contributed by atoms with Gasteiger partial charge in [0.2, 0.25) is 0 Å². The summed E-state index contributed by atoms with van der Waals surface area (Å²) < 4.78 is 6.83. The number of hydrogen-bond donors (Lipinski definition) is 1. The van der Waals surface area contributed by atoms with Crippen LogP contribution in [0.4, 0.5) is 0 Å². The van der Waals surface area contributed by atoms with Gasteiger partial charge in [-0.3, -0.25) is 0 Å². The monoisotopic (exact) mass is 345 g/mol. The van der Waals surface area contributed by atoms with Crippen LogP contribution >= 0.6 is 27.5 Å². The van der Waals surface area contributed by atoms with Gasteiger partial charge < -0.3 is 10.1 Å². The van der Waals surface area contributed by atoms with Crippen molar-refractivity contribution in [1.29, 1.82) is 0 Å². The first-order valence-electron chi connectivity index (χ1n) is 6.84. The lowest BCUT2D eigenvalue weighted by Crippen LogP contribution is -2.57. The van der Waals surface area contributed by atoms with E-state index in [1.54, 1.807) is 0 Å². The lowest BCUT2D eigenvalue weighted by atomic mass is 9.72. The maximum Gasteiger partial charge on any atom is 0.0834 e. The molecule has 0 saturated heterocycles. The lowest BCUT2D eigenvalue weighted by molar-refractivity contribution is -0.0978. The second kappa shape index (κ2) is 6.57. The van der Waals surface area contributed by atoms with Gasteiger partial charge in [0.05, 0.1) is 5.60 Å². The van der Waals surface area contributed by atoms with Crippen LogP contribution in [0.2, 0.25) is 5.02 Å². The Labute approximate surface area is 129 Å². The number of hydrogen-bond acceptors (Lipinski definition) is 2. The van der Waals surface area contributed by atoms with Gasteiger partial charge in [-0.1, -0.05) is 40.5 Å². The highest BCUT2D eigenvalue weighted by molar-refractivity contribution is 9.10. The van der Waals surface area contributed by atoms with Crippen molar-refractivity contribution in [3.05, 3.63) is 33.3 Å². The molecule has 0 aromatic heterocycles. The zero-order chi connectivity index (χ0) is 13.9. The summed E-state index contributed by atoms with van der Waals surface area (Å²) in [5.41, 5.74) is 1.17. The van der Waals surface area contributed by atoms with Gasteiger partial charge in [-0.15, -0.1) is 0 Å². The first kappa shape index (κ1) is 15.3. The summed E-state index contributed by atoms with van der Waals surface area (Å²) in [5, 5.41) is 4.39. The normalized spacial score (nSPS) is 18.9. The molecule has 0 radical (unpaired) electrons. The van der Waals surface area contributed by atoms with E-state index in [0.29, 0.717) is 6.04 Å². The Morgan fingerprint density at radius 1 is 1.47 bits per heavy atom. The summed E-state index contributed by atoms with van der Waals surface area (Å²) in [5.74, 6) is 0. The fraction of sp³-hybridized carbons (Fsp3) is 0.600. The van der Waals surface area contributed by atoms with Crippen LogP contribution < -0.4 is 5.32 Å². The van der Waals surface area contributed by atoms with Crippen molar-refractivity contribution < 1.29 is 4.74 Å². The standard InChI is InChI=1S/C15H21BrClNO/c1-3-18-14(15(19-2)7-4-8-15)9-11-5-6-12(16)10-13(11)17/h5-6,10,14,18H,3-4,7-9H2,1-2H3. The van der Waals surface area contributed by atoms with E-state index in [1.165, 1.54) is 12.0 Å². The second-order valence-corrected chi connectivity index (χ2v) is 6.50. The molecule has 19 heavy (non-hydrogen) atoms. The van der Waals surface area contributed by atoms with Gasteiger partial charge in [0.25, 0.3) is 0 Å². The lowest BCUT2D eigenvalue weighted by Gasteiger charge is -2.47. The van der Waals surface area contributed by atoms with Crippen LogP contribution in [0.15, 0.2) is 22.7 Å². The van der Waals surface area contributed by atoms with Crippen LogP contribution in [-0.2, 0) is 11.2 Å². The minimum Gasteiger partial charge on any atom is -0.377 e. The summed E-state index contributed by atoms with van der Waals surface area (Å²) in [6, 6.07) is 6.43. The fourth-order valence-corrected chi connectivity index (χ4v) is 3.57. The molecule has 0 amide bonds. The molecule has 1 aromatic rings. The average molecular weight is 347 g/mol. The number of rotatable bonds is 6. The minimum atomic E-state index is -0.00753. The predicted molar refractivity (Wildman–Crippen MR) is 83.9 cm³/mol. The molecule has 1 fully saturated rings. The van der Waals surface area contributed by atoms with Gasteiger partial charge in [0, 0.05) is 22.6 Å². The van der Waals surface area contributed by atoms with Gasteiger partial charge in [-0.25, -0.2) is 0 Å². The van der Waals surface area contributed by atoms with Crippen molar-refractivity contribution in [1.82, 2.24) is 5.32 Å². The molecule has 1 atom stereocenters. The zero-order valence-corrected chi connectivity index (χ0v) is 13.9. The van der Waals surface area contributed by atoms with Gasteiger partial charge >= 0.3 is 0 Å². The number of nitrogens with one attached hydrogen (secondary N) is 1. The van der Waals surface area contributed by atoms with Gasteiger partial charge in [-0.05, 0) is 49.9 Å². The molecular weight excluding hydrogens is 326 g/mol. The Kier molecular flexibility index (Phi) is 5.29. The van der Waals surface area contributed by atoms with Crippen LogP contribution in [0.1, 0.15) is 31.7 Å². The minimum absolute atomic E-state index is 0.00753. The topological polar surface area (TPSA) is 21.3 Å². The van der Waals surface area contributed by atoms with E-state index in [4.69, 9.17) is 16.3 Å². The van der Waals surface area contributed by atoms with Gasteiger partial charge in [-0.2, -0.15) is 0 Å². The second-order valence-electron chi connectivity index (χ2n) is 5.17. The Bertz CT molecular complexity index is 429. The molecule has 1 unspecified atom stereocenters. The molecule has 0 heterocycles. The van der Waals surface area contributed by atoms with Crippen LogP contribution in [0.5, 0.6) is 0 Å². The van der Waals surface area contributed by atoms with Crippen LogP contribution in [0, 0.1) is 0 Å². The van der Waals surface area contributed by atoms with E-state index in [1.807, 2.05) is 19.2 Å². The first-order valence-corrected chi connectivity index (χ1v) is 8.01. The van der Waals surface area contributed by atoms with E-state index >= 15 is 0 Å². The number of ether oxygens (including phenoxy) is 1. The molecule has 1 aliphatic carbocycles. The number of methoxy groups -OCH3 is 1. The molecule has 4 heteroatoms. The first-order chi connectivity index (χ1) is 9.11. The quantitative estimate of drug-likeness (QED) is 0.834. The molecule has 2 rings (SSSR count). The zero-order valence-electron chi connectivity index (χ0n) is 11.5. The molecule has 2 nitrogen and oxygen atoms in total. The number of benzene rings is 1. The van der Waals surface area contributed by atoms with Crippen molar-refractivity contribution in [2.45, 2.75) is 44.2 Å². The maximum absolute atomic E-state index is 6.33. The average Bonchev–Trinajstić information content (AvgIpc) is 2.32. The van der Waals surface area contributed by atoms with E-state index < -0.39 is 0 Å². The smallest absolute Gasteiger partial charge is 0.0834 e. The maximum atomic E-state index is 6.33. The van der Waals surface area contributed by atoms with Gasteiger partial charge in [0.1, 0.15) is 0 Å². The van der Waals surface area contributed by atoms with Crippen molar-refractivity contribution in [2.24, 2.45) is 0 Å². The fourth-order valence-electron chi connectivity index (χ4n) is 2.82. The molecule has 1 aromatic carbocycles. The van der Waals surface area contributed by atoms with Crippen LogP contribution in [-0.4, -0.2) is 25.3 Å². The third kappa shape index (κ3) is 3.33. The Hall–Kier alpha value is -0.0900. The Morgan fingerprint density at radius 2 is 2.21 bits per heavy atom. The Balaban J connectivity index is 2.16. The van der Waals surface area contributed by atoms with Crippen molar-refractivity contribution >= 4 is 27.5 Å². The highest BCUT2D eigenvalue weighted by atomic mass is 79.9. The molecule has 106 valence electrons. The predicted octanol–water partition coefficient (Wildman–Crippen LogP) is 4.19. The van der Waals surface area contributed by atoms with Crippen LogP contribution in [0.25, 0.3) is 0 Å². The molecule has 0 spiro atoms. The largest absolute Gasteiger partial charge is 0.377 e. The summed E-state index contributed by atoms with van der Waals surface area (Å²) in [7, 11) is 1.83. The Morgan fingerprint density at radius 3 is 2.68 bits per heavy atom. The molecule has 0 bridgehead atoms. The summed E-state index contributed by atoms with van der Waals surface area (Å²) >= 11 is 9.78. The van der Waals surface area contributed by atoms with E-state index in [2.05, 4.69) is 34.2 Å². The van der Waals surface area contributed by atoms with E-state index in [0.717, 1.165) is 35.3 Å². The third-order valence-electron chi connectivity index (χ3n) is 4.13. The van der Waals surface area contributed by atoms with Crippen molar-refractivity contribution in [3.63, 3.8) is 0 Å². The molecule has 1 saturated carbocycles. The number of likely N-dealkylation sites (N-methyl/N-ethyl adjacent to an activating group) is 1. The van der Waals surface area contributed by atoms with E-state index in [9.17, 15) is 0 Å².